The predicted octanol–water partition coefficient (Wildman–Crippen LogP) is 1.56. The lowest BCUT2D eigenvalue weighted by Gasteiger charge is -2.12. The largest absolute Gasteiger partial charge is 0.345 e. The normalized spacial score (nSPS) is 18.7. The lowest BCUT2D eigenvalue weighted by molar-refractivity contribution is 0.0827. The number of rotatable bonds is 5. The Morgan fingerprint density at radius 2 is 2.00 bits per heavy atom. The summed E-state index contributed by atoms with van der Waals surface area (Å²) in [4.78, 5) is 13.4. The van der Waals surface area contributed by atoms with Crippen LogP contribution in [-0.2, 0) is 10.0 Å². The van der Waals surface area contributed by atoms with Gasteiger partial charge in [-0.25, -0.2) is 13.1 Å². The standard InChI is InChI=1S/C14H20N2O3S2/c1-16(2)14(17)11-5-7-13(8-6-11)21(18,19)15-10-12-4-3-9-20-12/h5-8,12,15H,3-4,9-10H2,1-2H3/t12-/m1/s1. The van der Waals surface area contributed by atoms with Crippen LogP contribution in [0.15, 0.2) is 29.2 Å². The fraction of sp³-hybridized carbons (Fsp3) is 0.500. The first-order valence-corrected chi connectivity index (χ1v) is 9.36. The lowest BCUT2D eigenvalue weighted by Crippen LogP contribution is -2.30. The van der Waals surface area contributed by atoms with Crippen molar-refractivity contribution in [3.63, 3.8) is 0 Å². The van der Waals surface area contributed by atoms with E-state index < -0.39 is 10.0 Å². The fourth-order valence-corrected chi connectivity index (χ4v) is 4.51. The average Bonchev–Trinajstić information content (AvgIpc) is 2.98. The lowest BCUT2D eigenvalue weighted by atomic mass is 10.2. The highest BCUT2D eigenvalue weighted by molar-refractivity contribution is 8.00. The molecule has 5 nitrogen and oxygen atoms in total. The highest BCUT2D eigenvalue weighted by atomic mass is 32.2. The van der Waals surface area contributed by atoms with Gasteiger partial charge >= 0.3 is 0 Å². The quantitative estimate of drug-likeness (QED) is 0.891. The van der Waals surface area contributed by atoms with Crippen LogP contribution in [0.5, 0.6) is 0 Å². The van der Waals surface area contributed by atoms with Crippen LogP contribution in [0, 0.1) is 0 Å². The van der Waals surface area contributed by atoms with Crippen molar-refractivity contribution in [3.8, 4) is 0 Å². The molecule has 0 unspecified atom stereocenters. The topological polar surface area (TPSA) is 66.5 Å². The van der Waals surface area contributed by atoms with E-state index in [0.29, 0.717) is 17.4 Å². The molecule has 1 fully saturated rings. The zero-order valence-corrected chi connectivity index (χ0v) is 13.8. The molecule has 0 spiro atoms. The van der Waals surface area contributed by atoms with Crippen LogP contribution in [0.4, 0.5) is 0 Å². The smallest absolute Gasteiger partial charge is 0.253 e. The van der Waals surface area contributed by atoms with Crippen molar-refractivity contribution in [3.05, 3.63) is 29.8 Å². The minimum atomic E-state index is -3.50. The first kappa shape index (κ1) is 16.3. The maximum absolute atomic E-state index is 12.2. The van der Waals surface area contributed by atoms with Gasteiger partial charge in [-0.2, -0.15) is 11.8 Å². The minimum Gasteiger partial charge on any atom is -0.345 e. The van der Waals surface area contributed by atoms with Gasteiger partial charge in [0.05, 0.1) is 4.90 Å². The van der Waals surface area contributed by atoms with E-state index in [1.807, 2.05) is 11.8 Å². The average molecular weight is 328 g/mol. The molecule has 1 aliphatic heterocycles. The molecule has 1 saturated heterocycles. The van der Waals surface area contributed by atoms with E-state index in [9.17, 15) is 13.2 Å². The molecule has 0 radical (unpaired) electrons. The van der Waals surface area contributed by atoms with Gasteiger partial charge < -0.3 is 4.90 Å². The van der Waals surface area contributed by atoms with Gasteiger partial charge in [0.25, 0.3) is 5.91 Å². The number of benzene rings is 1. The summed E-state index contributed by atoms with van der Waals surface area (Å²) in [5.74, 6) is 0.961. The van der Waals surface area contributed by atoms with E-state index in [4.69, 9.17) is 0 Å². The van der Waals surface area contributed by atoms with Crippen LogP contribution in [0.1, 0.15) is 23.2 Å². The number of nitrogens with zero attached hydrogens (tertiary/aromatic N) is 1. The van der Waals surface area contributed by atoms with E-state index in [2.05, 4.69) is 4.72 Å². The maximum Gasteiger partial charge on any atom is 0.253 e. The molecular weight excluding hydrogens is 308 g/mol. The zero-order chi connectivity index (χ0) is 15.5. The van der Waals surface area contributed by atoms with Crippen molar-refractivity contribution in [1.29, 1.82) is 0 Å². The second-order valence-electron chi connectivity index (χ2n) is 5.21. The number of nitrogens with one attached hydrogen (secondary N) is 1. The van der Waals surface area contributed by atoms with Gasteiger partial charge in [-0.15, -0.1) is 0 Å². The second kappa shape index (κ2) is 6.81. The van der Waals surface area contributed by atoms with Gasteiger partial charge in [-0.1, -0.05) is 0 Å². The maximum atomic E-state index is 12.2. The van der Waals surface area contributed by atoms with Crippen LogP contribution in [-0.4, -0.2) is 50.9 Å². The number of amides is 1. The molecule has 7 heteroatoms. The molecule has 0 saturated carbocycles. The van der Waals surface area contributed by atoms with Crippen LogP contribution >= 0.6 is 11.8 Å². The first-order valence-electron chi connectivity index (χ1n) is 6.83. The molecule has 0 bridgehead atoms. The van der Waals surface area contributed by atoms with Crippen LogP contribution in [0.2, 0.25) is 0 Å². The summed E-state index contributed by atoms with van der Waals surface area (Å²) in [6.45, 7) is 0.464. The summed E-state index contributed by atoms with van der Waals surface area (Å²) in [5, 5.41) is 0.370. The highest BCUT2D eigenvalue weighted by Gasteiger charge is 2.20. The van der Waals surface area contributed by atoms with E-state index in [-0.39, 0.29) is 10.8 Å². The number of thioether (sulfide) groups is 1. The monoisotopic (exact) mass is 328 g/mol. The van der Waals surface area contributed by atoms with Gasteiger partial charge in [0.2, 0.25) is 10.0 Å². The van der Waals surface area contributed by atoms with Crippen molar-refractivity contribution < 1.29 is 13.2 Å². The van der Waals surface area contributed by atoms with Crippen LogP contribution in [0.25, 0.3) is 0 Å². The molecule has 1 amide bonds. The molecule has 2 rings (SSSR count). The van der Waals surface area contributed by atoms with Crippen LogP contribution in [0.3, 0.4) is 0 Å². The Labute approximate surface area is 130 Å². The van der Waals surface area contributed by atoms with Crippen LogP contribution < -0.4 is 4.72 Å². The molecule has 1 aliphatic rings. The Balaban J connectivity index is 2.04. The number of hydrogen-bond acceptors (Lipinski definition) is 4. The molecule has 1 N–H and O–H groups in total. The molecular formula is C14H20N2O3S2. The second-order valence-corrected chi connectivity index (χ2v) is 8.39. The summed E-state index contributed by atoms with van der Waals surface area (Å²) in [6.07, 6.45) is 2.21. The molecule has 0 aromatic heterocycles. The van der Waals surface area contributed by atoms with Gasteiger partial charge in [-0.3, -0.25) is 4.79 Å². The Bertz CT molecular complexity index is 591. The number of carbonyl (C=O) groups is 1. The van der Waals surface area contributed by atoms with Gasteiger partial charge in [-0.05, 0) is 42.9 Å². The molecule has 21 heavy (non-hydrogen) atoms. The predicted molar refractivity (Wildman–Crippen MR) is 85.1 cm³/mol. The van der Waals surface area contributed by atoms with Gasteiger partial charge in [0.15, 0.2) is 0 Å². The van der Waals surface area contributed by atoms with Crippen molar-refractivity contribution >= 4 is 27.7 Å². The summed E-state index contributed by atoms with van der Waals surface area (Å²) >= 11 is 1.81. The third-order valence-corrected chi connectivity index (χ3v) is 6.18. The van der Waals surface area contributed by atoms with E-state index in [0.717, 1.165) is 18.6 Å². The molecule has 0 aliphatic carbocycles. The Hall–Kier alpha value is -1.05. The molecule has 1 aromatic rings. The molecule has 1 aromatic carbocycles. The Morgan fingerprint density at radius 1 is 1.33 bits per heavy atom. The summed E-state index contributed by atoms with van der Waals surface area (Å²) in [5.41, 5.74) is 0.477. The van der Waals surface area contributed by atoms with Crippen molar-refractivity contribution in [2.75, 3.05) is 26.4 Å². The molecule has 1 heterocycles. The highest BCUT2D eigenvalue weighted by Crippen LogP contribution is 2.25. The SMILES string of the molecule is CN(C)C(=O)c1ccc(S(=O)(=O)NC[C@H]2CCCS2)cc1. The third kappa shape index (κ3) is 4.21. The summed E-state index contributed by atoms with van der Waals surface area (Å²) in [6, 6.07) is 6.03. The van der Waals surface area contributed by atoms with E-state index in [1.54, 1.807) is 26.2 Å². The number of carbonyl (C=O) groups excluding carboxylic acids is 1. The Morgan fingerprint density at radius 3 is 2.52 bits per heavy atom. The van der Waals surface area contributed by atoms with Crippen molar-refractivity contribution in [2.45, 2.75) is 23.0 Å². The number of sulfonamides is 1. The van der Waals surface area contributed by atoms with E-state index in [1.165, 1.54) is 17.0 Å². The zero-order valence-electron chi connectivity index (χ0n) is 12.2. The third-order valence-electron chi connectivity index (χ3n) is 3.34. The number of hydrogen-bond donors (Lipinski definition) is 1. The fourth-order valence-electron chi connectivity index (χ4n) is 2.13. The first-order chi connectivity index (χ1) is 9.90. The van der Waals surface area contributed by atoms with E-state index >= 15 is 0 Å². The van der Waals surface area contributed by atoms with Crippen molar-refractivity contribution in [1.82, 2.24) is 9.62 Å². The van der Waals surface area contributed by atoms with Gasteiger partial charge in [0, 0.05) is 31.5 Å². The summed E-state index contributed by atoms with van der Waals surface area (Å²) < 4.78 is 27.0. The Kier molecular flexibility index (Phi) is 5.29. The molecule has 116 valence electrons. The van der Waals surface area contributed by atoms with Crippen molar-refractivity contribution in [2.24, 2.45) is 0 Å². The van der Waals surface area contributed by atoms with Gasteiger partial charge in [0.1, 0.15) is 0 Å². The molecule has 1 atom stereocenters. The summed E-state index contributed by atoms with van der Waals surface area (Å²) in [7, 11) is -0.178. The minimum absolute atomic E-state index is 0.144.